The van der Waals surface area contributed by atoms with Crippen molar-refractivity contribution in [1.29, 1.82) is 0 Å². The first kappa shape index (κ1) is 28.5. The van der Waals surface area contributed by atoms with Crippen molar-refractivity contribution in [3.63, 3.8) is 0 Å². The molecule has 0 aliphatic heterocycles. The van der Waals surface area contributed by atoms with Crippen LogP contribution in [0.25, 0.3) is 0 Å². The van der Waals surface area contributed by atoms with Gasteiger partial charge in [0.05, 0.1) is 18.6 Å². The van der Waals surface area contributed by atoms with Crippen LogP contribution in [0, 0.1) is 0 Å². The molecule has 1 N–H and O–H groups in total. The van der Waals surface area contributed by atoms with Crippen molar-refractivity contribution >= 4 is 21.5 Å². The first-order valence-electron chi connectivity index (χ1n) is 9.74. The molecule has 2 rings (SSSR count). The van der Waals surface area contributed by atoms with E-state index in [1.807, 2.05) is 0 Å². The van der Waals surface area contributed by atoms with Gasteiger partial charge in [-0.15, -0.1) is 0 Å². The summed E-state index contributed by atoms with van der Waals surface area (Å²) < 4.78 is 115. The highest BCUT2D eigenvalue weighted by atomic mass is 32.2. The van der Waals surface area contributed by atoms with Crippen LogP contribution in [0.2, 0.25) is 0 Å². The fourth-order valence-electron chi connectivity index (χ4n) is 2.52. The van der Waals surface area contributed by atoms with E-state index in [9.17, 15) is 34.8 Å². The summed E-state index contributed by atoms with van der Waals surface area (Å²) in [5.74, 6) is 0.453. The van der Waals surface area contributed by atoms with E-state index in [0.717, 1.165) is 24.3 Å². The zero-order valence-electron chi connectivity index (χ0n) is 18.1. The number of nitrogens with zero attached hydrogens (tertiary/aromatic N) is 2. The third-order valence-electron chi connectivity index (χ3n) is 4.16. The molecule has 0 aliphatic carbocycles. The maximum Gasteiger partial charge on any atom is 0.437 e. The molecule has 2 aromatic carbocycles. The number of alkyl halides is 6. The van der Waals surface area contributed by atoms with Crippen LogP contribution >= 0.6 is 0 Å². The van der Waals surface area contributed by atoms with Gasteiger partial charge in [0.25, 0.3) is 0 Å². The van der Waals surface area contributed by atoms with Gasteiger partial charge < -0.3 is 14.7 Å². The Labute approximate surface area is 201 Å². The van der Waals surface area contributed by atoms with E-state index in [1.165, 1.54) is 24.3 Å². The summed E-state index contributed by atoms with van der Waals surface area (Å²) >= 11 is 0. The van der Waals surface area contributed by atoms with Crippen LogP contribution in [-0.4, -0.2) is 50.6 Å². The number of ether oxygens (including phenoxy) is 2. The number of benzene rings is 2. The molecule has 15 heteroatoms. The minimum Gasteiger partial charge on any atom is -0.493 e. The molecule has 0 saturated heterocycles. The summed E-state index contributed by atoms with van der Waals surface area (Å²) in [4.78, 5) is 0. The molecule has 0 bridgehead atoms. The second-order valence-electron chi connectivity index (χ2n) is 6.72. The smallest absolute Gasteiger partial charge is 0.437 e. The summed E-state index contributed by atoms with van der Waals surface area (Å²) in [6.07, 6.45) is -9.51. The molecule has 196 valence electrons. The van der Waals surface area contributed by atoms with Crippen molar-refractivity contribution in [2.45, 2.75) is 18.8 Å². The highest BCUT2D eigenvalue weighted by molar-refractivity contribution is 7.89. The van der Waals surface area contributed by atoms with Gasteiger partial charge in [-0.3, -0.25) is 4.28 Å². The molecule has 2 aromatic rings. The van der Waals surface area contributed by atoms with Gasteiger partial charge >= 0.3 is 22.5 Å². The van der Waals surface area contributed by atoms with Crippen LogP contribution in [0.3, 0.4) is 0 Å². The van der Waals surface area contributed by atoms with Crippen molar-refractivity contribution in [2.75, 3.05) is 13.2 Å². The average Bonchev–Trinajstić information content (AvgIpc) is 2.79. The molecule has 0 spiro atoms. The second-order valence-corrected chi connectivity index (χ2v) is 8.19. The van der Waals surface area contributed by atoms with E-state index in [0.29, 0.717) is 11.8 Å². The molecule has 0 atom stereocenters. The Hall–Kier alpha value is -3.75. The Morgan fingerprint density at radius 1 is 0.833 bits per heavy atom. The van der Waals surface area contributed by atoms with Crippen LogP contribution in [0.4, 0.5) is 26.3 Å². The van der Waals surface area contributed by atoms with Crippen molar-refractivity contribution < 1.29 is 53.7 Å². The van der Waals surface area contributed by atoms with Crippen molar-refractivity contribution in [3.05, 3.63) is 71.6 Å². The summed E-state index contributed by atoms with van der Waals surface area (Å²) in [6, 6.07) is 9.10. The van der Waals surface area contributed by atoms with E-state index in [1.54, 1.807) is 0 Å². The fourth-order valence-corrected chi connectivity index (χ4v) is 2.76. The van der Waals surface area contributed by atoms with Gasteiger partial charge in [0.2, 0.25) is 0 Å². The van der Waals surface area contributed by atoms with Gasteiger partial charge in [0, 0.05) is 17.5 Å². The highest BCUT2D eigenvalue weighted by Crippen LogP contribution is 2.26. The molecular weight excluding hydrogens is 522 g/mol. The maximum atomic E-state index is 13.2. The Balaban J connectivity index is 1.89. The molecule has 0 heterocycles. The lowest BCUT2D eigenvalue weighted by Gasteiger charge is -2.12. The molecular formula is C21H18F6N2O6S. The van der Waals surface area contributed by atoms with Crippen molar-refractivity contribution in [3.8, 4) is 11.5 Å². The lowest BCUT2D eigenvalue weighted by Crippen LogP contribution is -2.24. The van der Waals surface area contributed by atoms with Crippen LogP contribution in [0.15, 0.2) is 70.8 Å². The van der Waals surface area contributed by atoms with Crippen molar-refractivity contribution in [2.24, 2.45) is 10.3 Å². The summed E-state index contributed by atoms with van der Waals surface area (Å²) in [6.45, 7) is 3.10. The predicted molar refractivity (Wildman–Crippen MR) is 116 cm³/mol. The zero-order valence-corrected chi connectivity index (χ0v) is 18.9. The van der Waals surface area contributed by atoms with Crippen LogP contribution in [-0.2, 0) is 14.4 Å². The normalized spacial score (nSPS) is 13.3. The Morgan fingerprint density at radius 2 is 1.25 bits per heavy atom. The molecule has 0 saturated carbocycles. The Morgan fingerprint density at radius 3 is 1.61 bits per heavy atom. The number of hydrogen-bond donors (Lipinski definition) is 1. The van der Waals surface area contributed by atoms with Crippen LogP contribution in [0.5, 0.6) is 11.5 Å². The van der Waals surface area contributed by atoms with E-state index in [-0.39, 0.29) is 30.3 Å². The lowest BCUT2D eigenvalue weighted by atomic mass is 10.1. The first-order valence-corrected chi connectivity index (χ1v) is 11.2. The number of rotatable bonds is 11. The highest BCUT2D eigenvalue weighted by Gasteiger charge is 2.39. The molecule has 0 fully saturated rings. The van der Waals surface area contributed by atoms with Crippen LogP contribution < -0.4 is 9.47 Å². The van der Waals surface area contributed by atoms with E-state index in [4.69, 9.17) is 14.7 Å². The van der Waals surface area contributed by atoms with Gasteiger partial charge in [0.15, 0.2) is 11.4 Å². The zero-order chi connectivity index (χ0) is 27.0. The summed E-state index contributed by atoms with van der Waals surface area (Å²) in [5, 5.41) is 13.8. The van der Waals surface area contributed by atoms with Gasteiger partial charge in [-0.25, -0.2) is 0 Å². The molecule has 0 radical (unpaired) electrons. The SMILES string of the molecule is C=CS(=O)(=O)O/N=C(/c1ccc(OCCCOc2ccc(/C(=N/O)C(F)(F)F)cc2)cc1)C(F)(F)F. The largest absolute Gasteiger partial charge is 0.493 e. The lowest BCUT2D eigenvalue weighted by molar-refractivity contribution is -0.0608. The maximum absolute atomic E-state index is 13.2. The molecule has 0 aliphatic rings. The third kappa shape index (κ3) is 8.48. The van der Waals surface area contributed by atoms with Crippen molar-refractivity contribution in [1.82, 2.24) is 0 Å². The topological polar surface area (TPSA) is 107 Å². The summed E-state index contributed by atoms with van der Waals surface area (Å²) in [5.41, 5.74) is -3.85. The van der Waals surface area contributed by atoms with Gasteiger partial charge in [-0.05, 0) is 48.5 Å². The van der Waals surface area contributed by atoms with Gasteiger partial charge in [-0.1, -0.05) is 16.9 Å². The Kier molecular flexibility index (Phi) is 9.33. The summed E-state index contributed by atoms with van der Waals surface area (Å²) in [7, 11) is -4.46. The monoisotopic (exact) mass is 540 g/mol. The quantitative estimate of drug-likeness (QED) is 0.141. The molecule has 8 nitrogen and oxygen atoms in total. The molecule has 0 unspecified atom stereocenters. The second kappa shape index (κ2) is 11.8. The number of hydrogen-bond acceptors (Lipinski definition) is 8. The first-order chi connectivity index (χ1) is 16.8. The fraction of sp³-hybridized carbons (Fsp3) is 0.238. The van der Waals surface area contributed by atoms with E-state index in [2.05, 4.69) is 21.2 Å². The Bertz CT molecular complexity index is 1190. The number of halogens is 6. The average molecular weight is 540 g/mol. The van der Waals surface area contributed by atoms with Gasteiger partial charge in [0.1, 0.15) is 11.5 Å². The molecule has 0 amide bonds. The van der Waals surface area contributed by atoms with Gasteiger partial charge in [-0.2, -0.15) is 34.8 Å². The molecule has 36 heavy (non-hydrogen) atoms. The predicted octanol–water partition coefficient (Wildman–Crippen LogP) is 5.03. The standard InChI is InChI=1S/C21H18F6N2O6S/c1-2-36(31,32)35-29-19(21(25,26)27)15-6-10-17(11-7-15)34-13-3-12-33-16-8-4-14(5-9-16)18(28-30)20(22,23)24/h2,4-11,30H,1,3,12-13H2/b28-18-,29-19-. The minimum absolute atomic E-state index is 0.0910. The number of oxime groups is 2. The minimum atomic E-state index is -5.01. The van der Waals surface area contributed by atoms with Crippen LogP contribution in [0.1, 0.15) is 17.5 Å². The van der Waals surface area contributed by atoms with E-state index < -0.39 is 39.5 Å². The van der Waals surface area contributed by atoms with E-state index >= 15 is 0 Å². The molecule has 0 aromatic heterocycles. The third-order valence-corrected chi connectivity index (χ3v) is 4.85.